The van der Waals surface area contributed by atoms with Crippen molar-refractivity contribution in [1.29, 1.82) is 0 Å². The smallest absolute Gasteiger partial charge is 0.0334 e. The second-order valence-corrected chi connectivity index (χ2v) is 5.62. The highest BCUT2D eigenvalue weighted by atomic mass is 35.5. The van der Waals surface area contributed by atoms with Gasteiger partial charge in [-0.25, -0.2) is 0 Å². The van der Waals surface area contributed by atoms with Crippen LogP contribution in [0.5, 0.6) is 0 Å². The summed E-state index contributed by atoms with van der Waals surface area (Å²) < 4.78 is 0. The molecule has 1 aliphatic rings. The number of halogens is 1. The fourth-order valence-electron chi connectivity index (χ4n) is 2.07. The van der Waals surface area contributed by atoms with Gasteiger partial charge in [0.1, 0.15) is 0 Å². The van der Waals surface area contributed by atoms with E-state index in [1.54, 1.807) is 0 Å². The van der Waals surface area contributed by atoms with E-state index in [2.05, 4.69) is 42.4 Å². The van der Waals surface area contributed by atoms with Crippen molar-refractivity contribution in [1.82, 2.24) is 10.2 Å². The van der Waals surface area contributed by atoms with Gasteiger partial charge in [0, 0.05) is 36.6 Å². The van der Waals surface area contributed by atoms with E-state index in [0.29, 0.717) is 12.1 Å². The van der Waals surface area contributed by atoms with Crippen LogP contribution in [0.3, 0.4) is 0 Å². The predicted molar refractivity (Wildman–Crippen MR) is 73.6 cm³/mol. The Labute approximate surface area is 108 Å². The number of aryl methyl sites for hydroxylation is 1. The van der Waals surface area contributed by atoms with Crippen molar-refractivity contribution < 1.29 is 0 Å². The van der Waals surface area contributed by atoms with Crippen molar-refractivity contribution in [2.75, 3.05) is 13.1 Å². The van der Waals surface area contributed by atoms with Gasteiger partial charge in [0.15, 0.2) is 0 Å². The molecule has 0 bridgehead atoms. The standard InChI is InChI=1S/C12H20N2S.ClH/c1-9-4-5-15-12(9)8-14-7-10(2)13-6-11(14)3;/h4-5,10-11,13H,6-8H2,1-3H3;1H. The largest absolute Gasteiger partial charge is 0.311 e. The number of piperazine rings is 1. The van der Waals surface area contributed by atoms with Gasteiger partial charge in [0.05, 0.1) is 0 Å². The van der Waals surface area contributed by atoms with Crippen LogP contribution in [0, 0.1) is 6.92 Å². The molecular weight excluding hydrogens is 240 g/mol. The molecule has 0 aliphatic carbocycles. The summed E-state index contributed by atoms with van der Waals surface area (Å²) >= 11 is 1.88. The summed E-state index contributed by atoms with van der Waals surface area (Å²) in [5.74, 6) is 0. The molecule has 2 rings (SSSR count). The van der Waals surface area contributed by atoms with Crippen molar-refractivity contribution in [3.63, 3.8) is 0 Å². The first-order valence-corrected chi connectivity index (χ1v) is 6.55. The topological polar surface area (TPSA) is 15.3 Å². The first-order chi connectivity index (χ1) is 7.16. The summed E-state index contributed by atoms with van der Waals surface area (Å²) in [4.78, 5) is 4.11. The highest BCUT2D eigenvalue weighted by Crippen LogP contribution is 2.20. The third-order valence-corrected chi connectivity index (χ3v) is 4.22. The van der Waals surface area contributed by atoms with Gasteiger partial charge in [-0.3, -0.25) is 4.90 Å². The van der Waals surface area contributed by atoms with Crippen molar-refractivity contribution in [2.45, 2.75) is 39.4 Å². The lowest BCUT2D eigenvalue weighted by atomic mass is 10.1. The number of rotatable bonds is 2. The van der Waals surface area contributed by atoms with E-state index in [9.17, 15) is 0 Å². The summed E-state index contributed by atoms with van der Waals surface area (Å²) in [6, 6.07) is 3.50. The summed E-state index contributed by atoms with van der Waals surface area (Å²) in [6.07, 6.45) is 0. The highest BCUT2D eigenvalue weighted by molar-refractivity contribution is 7.10. The van der Waals surface area contributed by atoms with E-state index < -0.39 is 0 Å². The summed E-state index contributed by atoms with van der Waals surface area (Å²) in [7, 11) is 0. The van der Waals surface area contributed by atoms with E-state index >= 15 is 0 Å². The molecule has 2 atom stereocenters. The van der Waals surface area contributed by atoms with E-state index in [-0.39, 0.29) is 12.4 Å². The Bertz CT molecular complexity index is 327. The van der Waals surface area contributed by atoms with Gasteiger partial charge in [0.2, 0.25) is 0 Å². The van der Waals surface area contributed by atoms with Crippen LogP contribution in [0.4, 0.5) is 0 Å². The van der Waals surface area contributed by atoms with Gasteiger partial charge in [-0.1, -0.05) is 0 Å². The van der Waals surface area contributed by atoms with Crippen molar-refractivity contribution in [3.8, 4) is 0 Å². The van der Waals surface area contributed by atoms with E-state index in [1.165, 1.54) is 17.0 Å². The lowest BCUT2D eigenvalue weighted by molar-refractivity contribution is 0.140. The number of hydrogen-bond acceptors (Lipinski definition) is 3. The Hall–Kier alpha value is -0.0900. The Morgan fingerprint density at radius 2 is 2.25 bits per heavy atom. The third kappa shape index (κ3) is 3.20. The molecule has 1 aromatic heterocycles. The zero-order valence-corrected chi connectivity index (χ0v) is 11.8. The van der Waals surface area contributed by atoms with Crippen LogP contribution in [0.15, 0.2) is 11.4 Å². The summed E-state index contributed by atoms with van der Waals surface area (Å²) in [5.41, 5.74) is 1.44. The molecule has 1 N–H and O–H groups in total. The molecule has 0 amide bonds. The van der Waals surface area contributed by atoms with Crippen LogP contribution in [0.2, 0.25) is 0 Å². The minimum absolute atomic E-state index is 0. The van der Waals surface area contributed by atoms with Crippen molar-refractivity contribution in [3.05, 3.63) is 21.9 Å². The maximum Gasteiger partial charge on any atom is 0.0334 e. The quantitative estimate of drug-likeness (QED) is 0.880. The first-order valence-electron chi connectivity index (χ1n) is 5.67. The molecule has 1 aliphatic heterocycles. The Morgan fingerprint density at radius 1 is 1.50 bits per heavy atom. The normalized spacial score (nSPS) is 26.4. The van der Waals surface area contributed by atoms with Crippen LogP contribution in [0.1, 0.15) is 24.3 Å². The Kier molecular flexibility index (Phi) is 5.25. The molecule has 1 saturated heterocycles. The molecule has 2 nitrogen and oxygen atoms in total. The SMILES string of the molecule is Cc1ccsc1CN1CC(C)NCC1C.Cl. The van der Waals surface area contributed by atoms with E-state index in [1.807, 2.05) is 11.3 Å². The minimum atomic E-state index is 0. The predicted octanol–water partition coefficient (Wildman–Crippen LogP) is 2.66. The van der Waals surface area contributed by atoms with Gasteiger partial charge in [-0.15, -0.1) is 23.7 Å². The maximum atomic E-state index is 3.52. The number of nitrogens with one attached hydrogen (secondary N) is 1. The van der Waals surface area contributed by atoms with Gasteiger partial charge >= 0.3 is 0 Å². The number of thiophene rings is 1. The molecule has 2 unspecified atom stereocenters. The second kappa shape index (κ2) is 6.01. The molecule has 0 aromatic carbocycles. The summed E-state index contributed by atoms with van der Waals surface area (Å²) in [5, 5.41) is 5.71. The van der Waals surface area contributed by atoms with Gasteiger partial charge in [0.25, 0.3) is 0 Å². The van der Waals surface area contributed by atoms with E-state index in [0.717, 1.165) is 13.1 Å². The fraction of sp³-hybridized carbons (Fsp3) is 0.667. The zero-order chi connectivity index (χ0) is 10.8. The van der Waals surface area contributed by atoms with Crippen LogP contribution >= 0.6 is 23.7 Å². The minimum Gasteiger partial charge on any atom is -0.311 e. The lowest BCUT2D eigenvalue weighted by Gasteiger charge is -2.37. The van der Waals surface area contributed by atoms with Crippen LogP contribution in [-0.2, 0) is 6.54 Å². The molecule has 0 spiro atoms. The molecule has 92 valence electrons. The molecule has 1 aromatic rings. The lowest BCUT2D eigenvalue weighted by Crippen LogP contribution is -2.53. The van der Waals surface area contributed by atoms with Crippen LogP contribution in [0.25, 0.3) is 0 Å². The van der Waals surface area contributed by atoms with Gasteiger partial charge < -0.3 is 5.32 Å². The summed E-state index contributed by atoms with van der Waals surface area (Å²) in [6.45, 7) is 10.2. The van der Waals surface area contributed by atoms with Crippen LogP contribution < -0.4 is 5.32 Å². The molecule has 4 heteroatoms. The first kappa shape index (κ1) is 14.0. The molecule has 1 fully saturated rings. The second-order valence-electron chi connectivity index (χ2n) is 4.61. The molecule has 0 saturated carbocycles. The molecule has 0 radical (unpaired) electrons. The number of hydrogen-bond donors (Lipinski definition) is 1. The monoisotopic (exact) mass is 260 g/mol. The highest BCUT2D eigenvalue weighted by Gasteiger charge is 2.22. The zero-order valence-electron chi connectivity index (χ0n) is 10.2. The van der Waals surface area contributed by atoms with Crippen molar-refractivity contribution >= 4 is 23.7 Å². The van der Waals surface area contributed by atoms with E-state index in [4.69, 9.17) is 0 Å². The molecule has 16 heavy (non-hydrogen) atoms. The number of nitrogens with zero attached hydrogens (tertiary/aromatic N) is 1. The molecular formula is C12H21ClN2S. The maximum absolute atomic E-state index is 3.52. The van der Waals surface area contributed by atoms with Gasteiger partial charge in [-0.05, 0) is 37.8 Å². The fourth-order valence-corrected chi connectivity index (χ4v) is 3.00. The van der Waals surface area contributed by atoms with Gasteiger partial charge in [-0.2, -0.15) is 0 Å². The Balaban J connectivity index is 0.00000128. The van der Waals surface area contributed by atoms with Crippen LogP contribution in [-0.4, -0.2) is 30.1 Å². The average molecular weight is 261 g/mol. The average Bonchev–Trinajstić information content (AvgIpc) is 2.58. The van der Waals surface area contributed by atoms with Crippen molar-refractivity contribution in [2.24, 2.45) is 0 Å². The Morgan fingerprint density at radius 3 is 2.88 bits per heavy atom. The molecule has 2 heterocycles. The third-order valence-electron chi connectivity index (χ3n) is 3.21.